The van der Waals surface area contributed by atoms with E-state index in [0.29, 0.717) is 5.56 Å². The molecule has 166 valence electrons. The summed E-state index contributed by atoms with van der Waals surface area (Å²) in [6.07, 6.45) is 1.36. The van der Waals surface area contributed by atoms with E-state index in [9.17, 15) is 28.1 Å². The maximum atomic E-state index is 11.9. The van der Waals surface area contributed by atoms with Crippen LogP contribution in [0.2, 0.25) is 0 Å². The number of sulfonamides is 1. The van der Waals surface area contributed by atoms with Gasteiger partial charge in [0, 0.05) is 17.5 Å². The fourth-order valence-electron chi connectivity index (χ4n) is 2.28. The van der Waals surface area contributed by atoms with E-state index < -0.39 is 40.0 Å². The molecule has 0 unspecified atom stereocenters. The van der Waals surface area contributed by atoms with Crippen LogP contribution in [0.5, 0.6) is 0 Å². The molecular formula is C20H18N4O7S. The summed E-state index contributed by atoms with van der Waals surface area (Å²) in [5.41, 5.74) is 1.21. The number of anilines is 1. The first-order valence-electron chi connectivity index (χ1n) is 8.98. The summed E-state index contributed by atoms with van der Waals surface area (Å²) in [7, 11) is -3.92. The molecule has 2 aromatic carbocycles. The first kappa shape index (κ1) is 24.2. The Balaban J connectivity index is 1.83. The Morgan fingerprint density at radius 3 is 2.53 bits per heavy atom. The number of benzene rings is 2. The number of nitro groups is 1. The first-order chi connectivity index (χ1) is 15.1. The molecule has 0 aliphatic carbocycles. The van der Waals surface area contributed by atoms with Gasteiger partial charge < -0.3 is 10.1 Å². The number of carbonyl (C=O) groups is 2. The van der Waals surface area contributed by atoms with Crippen molar-refractivity contribution in [2.24, 2.45) is 0 Å². The van der Waals surface area contributed by atoms with Crippen molar-refractivity contribution in [3.05, 3.63) is 74.7 Å². The molecule has 0 fully saturated rings. The Hall–Kier alpha value is -4.08. The number of nitro benzene ring substituents is 1. The largest absolute Gasteiger partial charge is 0.455 e. The van der Waals surface area contributed by atoms with Crippen molar-refractivity contribution in [1.29, 1.82) is 5.26 Å². The van der Waals surface area contributed by atoms with Crippen molar-refractivity contribution < 1.29 is 27.7 Å². The lowest BCUT2D eigenvalue weighted by Gasteiger charge is -2.08. The highest BCUT2D eigenvalue weighted by Gasteiger charge is 2.15. The van der Waals surface area contributed by atoms with Gasteiger partial charge >= 0.3 is 5.97 Å². The molecule has 0 atom stereocenters. The van der Waals surface area contributed by atoms with E-state index in [2.05, 4.69) is 10.1 Å². The fraction of sp³-hybridized carbons (Fsp3) is 0.150. The van der Waals surface area contributed by atoms with E-state index in [0.717, 1.165) is 23.1 Å². The molecule has 32 heavy (non-hydrogen) atoms. The maximum absolute atomic E-state index is 11.9. The van der Waals surface area contributed by atoms with Gasteiger partial charge in [0.05, 0.1) is 16.2 Å². The number of esters is 1. The van der Waals surface area contributed by atoms with Crippen molar-refractivity contribution >= 4 is 39.4 Å². The third-order valence-corrected chi connectivity index (χ3v) is 4.95. The average Bonchev–Trinajstić information content (AvgIpc) is 2.76. The van der Waals surface area contributed by atoms with Gasteiger partial charge in [0.15, 0.2) is 6.61 Å². The minimum absolute atomic E-state index is 0.00101. The number of nitriles is 1. The molecule has 0 radical (unpaired) electrons. The van der Waals surface area contributed by atoms with E-state index in [-0.39, 0.29) is 16.9 Å². The summed E-state index contributed by atoms with van der Waals surface area (Å²) >= 11 is 0. The van der Waals surface area contributed by atoms with Crippen LogP contribution in [-0.4, -0.2) is 38.4 Å². The van der Waals surface area contributed by atoms with Gasteiger partial charge in [-0.25, -0.2) is 13.1 Å². The molecule has 1 amide bonds. The highest BCUT2D eigenvalue weighted by molar-refractivity contribution is 7.92. The van der Waals surface area contributed by atoms with Gasteiger partial charge in [-0.15, -0.1) is 0 Å². The molecule has 0 bridgehead atoms. The van der Waals surface area contributed by atoms with Crippen LogP contribution in [-0.2, 0) is 24.3 Å². The second kappa shape index (κ2) is 10.8. The van der Waals surface area contributed by atoms with Gasteiger partial charge in [0.1, 0.15) is 12.6 Å². The van der Waals surface area contributed by atoms with Crippen molar-refractivity contribution in [3.8, 4) is 6.07 Å². The molecule has 2 aromatic rings. The molecule has 0 saturated carbocycles. The summed E-state index contributed by atoms with van der Waals surface area (Å²) < 4.78 is 30.6. The van der Waals surface area contributed by atoms with Crippen molar-refractivity contribution in [1.82, 2.24) is 4.72 Å². The summed E-state index contributed by atoms with van der Waals surface area (Å²) in [6.45, 7) is 0.447. The number of carbonyl (C=O) groups excluding carboxylic acids is 2. The molecule has 0 aliphatic heterocycles. The number of hydrogen-bond donors (Lipinski definition) is 2. The highest BCUT2D eigenvalue weighted by Crippen LogP contribution is 2.21. The number of aryl methyl sites for hydroxylation is 1. The quantitative estimate of drug-likeness (QED) is 0.326. The van der Waals surface area contributed by atoms with Crippen LogP contribution >= 0.6 is 0 Å². The molecule has 0 heterocycles. The standard InChI is InChI=1S/C20H18N4O7S/c1-14-2-4-15(5-3-14)8-9-32(29,30)22-12-20(26)31-13-19(25)23-18-7-6-17(24(27)28)10-16(18)11-21/h2-10,22H,12-13H2,1H3,(H,23,25)/b9-8+. The lowest BCUT2D eigenvalue weighted by atomic mass is 10.1. The summed E-state index contributed by atoms with van der Waals surface area (Å²) in [4.78, 5) is 33.7. The Morgan fingerprint density at radius 2 is 1.91 bits per heavy atom. The summed E-state index contributed by atoms with van der Waals surface area (Å²) in [6, 6.07) is 12.1. The summed E-state index contributed by atoms with van der Waals surface area (Å²) in [5, 5.41) is 23.0. The van der Waals surface area contributed by atoms with Gasteiger partial charge in [-0.2, -0.15) is 5.26 Å². The molecule has 11 nitrogen and oxygen atoms in total. The SMILES string of the molecule is Cc1ccc(/C=C/S(=O)(=O)NCC(=O)OCC(=O)Nc2ccc([N+](=O)[O-])cc2C#N)cc1. The Bertz CT molecular complexity index is 1200. The predicted molar refractivity (Wildman–Crippen MR) is 115 cm³/mol. The van der Waals surface area contributed by atoms with E-state index in [4.69, 9.17) is 5.26 Å². The average molecular weight is 458 g/mol. The minimum Gasteiger partial charge on any atom is -0.455 e. The number of nitrogens with one attached hydrogen (secondary N) is 2. The molecule has 0 spiro atoms. The van der Waals surface area contributed by atoms with Crippen LogP contribution in [0.15, 0.2) is 47.9 Å². The third-order valence-electron chi connectivity index (χ3n) is 3.91. The normalized spacial score (nSPS) is 11.0. The van der Waals surface area contributed by atoms with Crippen LogP contribution in [0.3, 0.4) is 0 Å². The van der Waals surface area contributed by atoms with Gasteiger partial charge in [-0.05, 0) is 24.6 Å². The molecule has 0 aromatic heterocycles. The number of non-ortho nitro benzene ring substituents is 1. The number of ether oxygens (including phenoxy) is 1. The zero-order valence-corrected chi connectivity index (χ0v) is 17.6. The topological polar surface area (TPSA) is 168 Å². The Labute approximate surface area is 183 Å². The number of nitrogens with zero attached hydrogens (tertiary/aromatic N) is 2. The molecule has 2 rings (SSSR count). The molecule has 0 aliphatic rings. The molecule has 2 N–H and O–H groups in total. The van der Waals surface area contributed by atoms with Crippen LogP contribution < -0.4 is 10.0 Å². The zero-order valence-electron chi connectivity index (χ0n) is 16.8. The zero-order chi connectivity index (χ0) is 23.7. The van der Waals surface area contributed by atoms with E-state index >= 15 is 0 Å². The molecule has 12 heteroatoms. The lowest BCUT2D eigenvalue weighted by Crippen LogP contribution is -2.31. The van der Waals surface area contributed by atoms with Crippen molar-refractivity contribution in [3.63, 3.8) is 0 Å². The van der Waals surface area contributed by atoms with Crippen LogP contribution in [0.4, 0.5) is 11.4 Å². The van der Waals surface area contributed by atoms with Gasteiger partial charge in [0.25, 0.3) is 11.6 Å². The number of hydrogen-bond acceptors (Lipinski definition) is 8. The smallest absolute Gasteiger partial charge is 0.321 e. The lowest BCUT2D eigenvalue weighted by molar-refractivity contribution is -0.384. The van der Waals surface area contributed by atoms with Crippen molar-refractivity contribution in [2.75, 3.05) is 18.5 Å². The fourth-order valence-corrected chi connectivity index (χ4v) is 3.04. The van der Waals surface area contributed by atoms with E-state index in [1.165, 1.54) is 12.1 Å². The van der Waals surface area contributed by atoms with Crippen LogP contribution in [0.1, 0.15) is 16.7 Å². The number of amides is 1. The number of rotatable bonds is 9. The Morgan fingerprint density at radius 1 is 1.22 bits per heavy atom. The minimum atomic E-state index is -3.92. The first-order valence-corrected chi connectivity index (χ1v) is 10.5. The van der Waals surface area contributed by atoms with E-state index in [1.54, 1.807) is 18.2 Å². The van der Waals surface area contributed by atoms with Crippen LogP contribution in [0, 0.1) is 28.4 Å². The predicted octanol–water partition coefficient (Wildman–Crippen LogP) is 1.85. The van der Waals surface area contributed by atoms with Gasteiger partial charge in [-0.3, -0.25) is 19.7 Å². The second-order valence-electron chi connectivity index (χ2n) is 6.39. The van der Waals surface area contributed by atoms with Gasteiger partial charge in [-0.1, -0.05) is 29.8 Å². The van der Waals surface area contributed by atoms with E-state index in [1.807, 2.05) is 23.8 Å². The monoisotopic (exact) mass is 458 g/mol. The molecule has 0 saturated heterocycles. The maximum Gasteiger partial charge on any atom is 0.321 e. The second-order valence-corrected chi connectivity index (χ2v) is 8.04. The van der Waals surface area contributed by atoms with Gasteiger partial charge in [0.2, 0.25) is 10.0 Å². The summed E-state index contributed by atoms with van der Waals surface area (Å²) in [5.74, 6) is -1.82. The van der Waals surface area contributed by atoms with Crippen LogP contribution in [0.25, 0.3) is 6.08 Å². The van der Waals surface area contributed by atoms with Crippen molar-refractivity contribution in [2.45, 2.75) is 6.92 Å². The Kier molecular flexibility index (Phi) is 8.17. The third kappa shape index (κ3) is 7.63. The highest BCUT2D eigenvalue weighted by atomic mass is 32.2. The molecular weight excluding hydrogens is 440 g/mol.